The van der Waals surface area contributed by atoms with Crippen LogP contribution in [-0.4, -0.2) is 28.0 Å². The zero-order chi connectivity index (χ0) is 16.9. The number of sulfonamides is 1. The lowest BCUT2D eigenvalue weighted by atomic mass is 10.2. The molecule has 0 aromatic heterocycles. The van der Waals surface area contributed by atoms with E-state index in [1.165, 1.54) is 25.3 Å². The molecule has 0 radical (unpaired) electrons. The number of methoxy groups -OCH3 is 1. The molecule has 122 valence electrons. The highest BCUT2D eigenvalue weighted by atomic mass is 32.2. The van der Waals surface area contributed by atoms with Gasteiger partial charge in [-0.2, -0.15) is 0 Å². The predicted molar refractivity (Wildman–Crippen MR) is 88.3 cm³/mol. The first-order valence-corrected chi connectivity index (χ1v) is 8.49. The van der Waals surface area contributed by atoms with Crippen molar-refractivity contribution in [3.05, 3.63) is 54.1 Å². The van der Waals surface area contributed by atoms with Gasteiger partial charge in [-0.1, -0.05) is 6.07 Å². The smallest absolute Gasteiger partial charge is 0.261 e. The summed E-state index contributed by atoms with van der Waals surface area (Å²) in [7, 11) is -2.24. The summed E-state index contributed by atoms with van der Waals surface area (Å²) >= 11 is 0. The molecule has 0 saturated carbocycles. The van der Waals surface area contributed by atoms with Crippen molar-refractivity contribution in [1.82, 2.24) is 5.32 Å². The van der Waals surface area contributed by atoms with E-state index in [1.807, 2.05) is 0 Å². The molecule has 0 saturated heterocycles. The summed E-state index contributed by atoms with van der Waals surface area (Å²) in [4.78, 5) is 11.8. The Labute approximate surface area is 135 Å². The van der Waals surface area contributed by atoms with Crippen molar-refractivity contribution in [2.24, 2.45) is 0 Å². The topological polar surface area (TPSA) is 84.5 Å². The molecular formula is C16H18N2O4S. The molecule has 0 atom stereocenters. The van der Waals surface area contributed by atoms with Crippen molar-refractivity contribution in [1.29, 1.82) is 0 Å². The number of carbonyl (C=O) groups is 1. The molecule has 2 N–H and O–H groups in total. The Morgan fingerprint density at radius 2 is 1.83 bits per heavy atom. The summed E-state index contributed by atoms with van der Waals surface area (Å²) in [6, 6.07) is 12.4. The van der Waals surface area contributed by atoms with Crippen LogP contribution >= 0.6 is 0 Å². The maximum Gasteiger partial charge on any atom is 0.261 e. The summed E-state index contributed by atoms with van der Waals surface area (Å²) in [5, 5.41) is 2.63. The molecule has 0 spiro atoms. The van der Waals surface area contributed by atoms with E-state index in [0.29, 0.717) is 23.5 Å². The fourth-order valence-electron chi connectivity index (χ4n) is 1.94. The van der Waals surface area contributed by atoms with E-state index >= 15 is 0 Å². The second-order valence-electron chi connectivity index (χ2n) is 4.72. The average molecular weight is 334 g/mol. The van der Waals surface area contributed by atoms with E-state index in [2.05, 4.69) is 10.0 Å². The summed E-state index contributed by atoms with van der Waals surface area (Å²) < 4.78 is 32.3. The van der Waals surface area contributed by atoms with E-state index in [4.69, 9.17) is 4.74 Å². The van der Waals surface area contributed by atoms with E-state index in [0.717, 1.165) is 0 Å². The van der Waals surface area contributed by atoms with E-state index in [-0.39, 0.29) is 10.8 Å². The van der Waals surface area contributed by atoms with Crippen LogP contribution in [0.1, 0.15) is 17.3 Å². The number of hydrogen-bond acceptors (Lipinski definition) is 4. The quantitative estimate of drug-likeness (QED) is 0.848. The number of benzene rings is 2. The van der Waals surface area contributed by atoms with Gasteiger partial charge in [0.1, 0.15) is 5.75 Å². The van der Waals surface area contributed by atoms with Crippen LogP contribution in [-0.2, 0) is 10.0 Å². The molecular weight excluding hydrogens is 316 g/mol. The lowest BCUT2D eigenvalue weighted by molar-refractivity contribution is 0.0955. The lowest BCUT2D eigenvalue weighted by Crippen LogP contribution is -2.23. The Morgan fingerprint density at radius 3 is 2.43 bits per heavy atom. The molecule has 0 fully saturated rings. The molecule has 0 bridgehead atoms. The van der Waals surface area contributed by atoms with Crippen molar-refractivity contribution in [3.8, 4) is 5.75 Å². The zero-order valence-electron chi connectivity index (χ0n) is 12.9. The minimum Gasteiger partial charge on any atom is -0.497 e. The standard InChI is InChI=1S/C16H18N2O4S/c1-3-17-16(19)12-5-4-6-15(11-12)23(20,21)18-13-7-9-14(22-2)10-8-13/h4-11,18H,3H2,1-2H3,(H,17,19). The number of hydrogen-bond donors (Lipinski definition) is 2. The third kappa shape index (κ3) is 4.23. The molecule has 1 amide bonds. The molecule has 0 aliphatic rings. The van der Waals surface area contributed by atoms with Crippen molar-refractivity contribution < 1.29 is 17.9 Å². The number of amides is 1. The highest BCUT2D eigenvalue weighted by Gasteiger charge is 2.16. The Bertz CT molecular complexity index is 786. The maximum atomic E-state index is 12.4. The van der Waals surface area contributed by atoms with Crippen LogP contribution < -0.4 is 14.8 Å². The van der Waals surface area contributed by atoms with Crippen LogP contribution in [0.4, 0.5) is 5.69 Å². The van der Waals surface area contributed by atoms with Crippen molar-refractivity contribution >= 4 is 21.6 Å². The minimum atomic E-state index is -3.77. The second-order valence-corrected chi connectivity index (χ2v) is 6.40. The molecule has 2 aromatic carbocycles. The van der Waals surface area contributed by atoms with Gasteiger partial charge in [0.15, 0.2) is 0 Å². The van der Waals surface area contributed by atoms with Gasteiger partial charge in [-0.25, -0.2) is 8.42 Å². The molecule has 0 aliphatic carbocycles. The third-order valence-corrected chi connectivity index (χ3v) is 4.47. The Kier molecular flexibility index (Phi) is 5.23. The van der Waals surface area contributed by atoms with Crippen molar-refractivity contribution in [3.63, 3.8) is 0 Å². The molecule has 0 heterocycles. The van der Waals surface area contributed by atoms with Crippen LogP contribution in [0.25, 0.3) is 0 Å². The van der Waals surface area contributed by atoms with E-state index in [1.54, 1.807) is 37.3 Å². The molecule has 0 aliphatic heterocycles. The van der Waals surface area contributed by atoms with Gasteiger partial charge >= 0.3 is 0 Å². The number of anilines is 1. The number of ether oxygens (including phenoxy) is 1. The minimum absolute atomic E-state index is 0.0251. The normalized spacial score (nSPS) is 10.9. The summed E-state index contributed by atoms with van der Waals surface area (Å²) in [5.74, 6) is 0.320. The molecule has 6 nitrogen and oxygen atoms in total. The summed E-state index contributed by atoms with van der Waals surface area (Å²) in [6.45, 7) is 2.27. The van der Waals surface area contributed by atoms with Gasteiger partial charge in [-0.3, -0.25) is 9.52 Å². The molecule has 2 aromatic rings. The van der Waals surface area contributed by atoms with Gasteiger partial charge < -0.3 is 10.1 Å². The first-order valence-electron chi connectivity index (χ1n) is 7.01. The monoisotopic (exact) mass is 334 g/mol. The van der Waals surface area contributed by atoms with Crippen molar-refractivity contribution in [2.45, 2.75) is 11.8 Å². The van der Waals surface area contributed by atoms with Gasteiger partial charge in [0.2, 0.25) is 0 Å². The predicted octanol–water partition coefficient (Wildman–Crippen LogP) is 2.25. The SMILES string of the molecule is CCNC(=O)c1cccc(S(=O)(=O)Nc2ccc(OC)cc2)c1. The van der Waals surface area contributed by atoms with Crippen LogP contribution in [0.5, 0.6) is 5.75 Å². The zero-order valence-corrected chi connectivity index (χ0v) is 13.7. The summed E-state index contributed by atoms with van der Waals surface area (Å²) in [5.41, 5.74) is 0.707. The van der Waals surface area contributed by atoms with Gasteiger partial charge in [0, 0.05) is 17.8 Å². The van der Waals surface area contributed by atoms with Gasteiger partial charge in [0.05, 0.1) is 12.0 Å². The fourth-order valence-corrected chi connectivity index (χ4v) is 3.04. The largest absolute Gasteiger partial charge is 0.497 e. The fraction of sp³-hybridized carbons (Fsp3) is 0.188. The van der Waals surface area contributed by atoms with Crippen molar-refractivity contribution in [2.75, 3.05) is 18.4 Å². The second kappa shape index (κ2) is 7.15. The summed E-state index contributed by atoms with van der Waals surface area (Å²) in [6.07, 6.45) is 0. The Balaban J connectivity index is 2.24. The van der Waals surface area contributed by atoms with Crippen LogP contribution in [0, 0.1) is 0 Å². The molecule has 23 heavy (non-hydrogen) atoms. The average Bonchev–Trinajstić information content (AvgIpc) is 2.55. The molecule has 0 unspecified atom stereocenters. The van der Waals surface area contributed by atoms with E-state index < -0.39 is 10.0 Å². The van der Waals surface area contributed by atoms with Gasteiger partial charge in [0.25, 0.3) is 15.9 Å². The highest BCUT2D eigenvalue weighted by molar-refractivity contribution is 7.92. The van der Waals surface area contributed by atoms with E-state index in [9.17, 15) is 13.2 Å². The van der Waals surface area contributed by atoms with Crippen LogP contribution in [0.3, 0.4) is 0 Å². The third-order valence-electron chi connectivity index (χ3n) is 3.09. The van der Waals surface area contributed by atoms with Gasteiger partial charge in [-0.05, 0) is 49.4 Å². The van der Waals surface area contributed by atoms with Crippen LogP contribution in [0.15, 0.2) is 53.4 Å². The first-order chi connectivity index (χ1) is 11.0. The highest BCUT2D eigenvalue weighted by Crippen LogP contribution is 2.20. The van der Waals surface area contributed by atoms with Gasteiger partial charge in [-0.15, -0.1) is 0 Å². The Hall–Kier alpha value is -2.54. The number of nitrogens with one attached hydrogen (secondary N) is 2. The lowest BCUT2D eigenvalue weighted by Gasteiger charge is -2.10. The molecule has 7 heteroatoms. The van der Waals surface area contributed by atoms with Crippen LogP contribution in [0.2, 0.25) is 0 Å². The number of carbonyl (C=O) groups excluding carboxylic acids is 1. The number of rotatable bonds is 6. The molecule has 2 rings (SSSR count). The Morgan fingerprint density at radius 1 is 1.13 bits per heavy atom. The maximum absolute atomic E-state index is 12.4. The first kappa shape index (κ1) is 16.8.